The van der Waals surface area contributed by atoms with E-state index in [1.54, 1.807) is 29.4 Å². The number of carbonyl (C=O) groups excluding carboxylic acids is 1. The highest BCUT2D eigenvalue weighted by molar-refractivity contribution is 5.92. The molecule has 1 amide bonds. The molecule has 0 aliphatic rings. The molecular formula is C23H24N6O3. The largest absolute Gasteiger partial charge is 0.494 e. The number of carbonyl (C=O) groups is 1. The second-order valence-corrected chi connectivity index (χ2v) is 7.12. The molecule has 0 aliphatic heterocycles. The molecule has 1 N–H and O–H groups in total. The molecule has 3 aromatic heterocycles. The molecule has 0 aliphatic carbocycles. The molecular weight excluding hydrogens is 408 g/mol. The van der Waals surface area contributed by atoms with E-state index in [1.165, 1.54) is 0 Å². The Labute approximate surface area is 185 Å². The van der Waals surface area contributed by atoms with Crippen LogP contribution in [0.3, 0.4) is 0 Å². The third-order valence-corrected chi connectivity index (χ3v) is 4.71. The Hall–Kier alpha value is -4.01. The third-order valence-electron chi connectivity index (χ3n) is 4.71. The minimum absolute atomic E-state index is 0.260. The number of pyridine rings is 1. The van der Waals surface area contributed by atoms with Gasteiger partial charge in [-0.15, -0.1) is 0 Å². The normalized spacial score (nSPS) is 10.8. The molecule has 3 heterocycles. The fourth-order valence-electron chi connectivity index (χ4n) is 2.94. The maximum Gasteiger partial charge on any atom is 0.271 e. The van der Waals surface area contributed by atoms with Gasteiger partial charge in [-0.3, -0.25) is 9.36 Å². The molecule has 0 radical (unpaired) electrons. The number of rotatable bonds is 9. The number of nitrogens with one attached hydrogen (secondary N) is 1. The lowest BCUT2D eigenvalue weighted by Gasteiger charge is -2.07. The van der Waals surface area contributed by atoms with Crippen LogP contribution in [-0.4, -0.2) is 37.2 Å². The van der Waals surface area contributed by atoms with Gasteiger partial charge in [0, 0.05) is 25.4 Å². The zero-order valence-corrected chi connectivity index (χ0v) is 18.0. The molecule has 0 unspecified atom stereocenters. The highest BCUT2D eigenvalue weighted by Crippen LogP contribution is 2.18. The van der Waals surface area contributed by atoms with Gasteiger partial charge in [0.2, 0.25) is 0 Å². The zero-order chi connectivity index (χ0) is 22.3. The summed E-state index contributed by atoms with van der Waals surface area (Å²) in [5, 5.41) is 6.77. The third kappa shape index (κ3) is 5.00. The Morgan fingerprint density at radius 3 is 2.66 bits per heavy atom. The lowest BCUT2D eigenvalue weighted by molar-refractivity contribution is 0.0946. The summed E-state index contributed by atoms with van der Waals surface area (Å²) in [6.07, 6.45) is 6.51. The molecule has 4 aromatic rings. The number of nitrogens with zero attached hydrogens (tertiary/aromatic N) is 5. The topological polar surface area (TPSA) is 108 Å². The van der Waals surface area contributed by atoms with Crippen LogP contribution in [0.5, 0.6) is 5.75 Å². The lowest BCUT2D eigenvalue weighted by atomic mass is 10.2. The van der Waals surface area contributed by atoms with Crippen LogP contribution < -0.4 is 10.1 Å². The number of hydrogen-bond donors (Lipinski definition) is 1. The van der Waals surface area contributed by atoms with Gasteiger partial charge in [0.15, 0.2) is 5.82 Å². The lowest BCUT2D eigenvalue weighted by Crippen LogP contribution is -2.23. The first-order valence-electron chi connectivity index (χ1n) is 10.5. The van der Waals surface area contributed by atoms with Crippen molar-refractivity contribution in [3.8, 4) is 23.0 Å². The molecule has 9 heteroatoms. The zero-order valence-electron chi connectivity index (χ0n) is 18.0. The van der Waals surface area contributed by atoms with Crippen molar-refractivity contribution in [1.82, 2.24) is 30.0 Å². The summed E-state index contributed by atoms with van der Waals surface area (Å²) in [4.78, 5) is 25.4. The van der Waals surface area contributed by atoms with Crippen molar-refractivity contribution in [2.24, 2.45) is 0 Å². The van der Waals surface area contributed by atoms with Crippen LogP contribution in [0, 0.1) is 0 Å². The number of hydrogen-bond acceptors (Lipinski definition) is 7. The van der Waals surface area contributed by atoms with Crippen LogP contribution in [0.2, 0.25) is 0 Å². The van der Waals surface area contributed by atoms with Gasteiger partial charge < -0.3 is 14.6 Å². The van der Waals surface area contributed by atoms with E-state index in [0.29, 0.717) is 42.8 Å². The summed E-state index contributed by atoms with van der Waals surface area (Å²) >= 11 is 0. The van der Waals surface area contributed by atoms with Gasteiger partial charge in [-0.25, -0.2) is 9.97 Å². The van der Waals surface area contributed by atoms with E-state index in [2.05, 4.69) is 32.3 Å². The molecule has 9 nitrogen and oxygen atoms in total. The minimum atomic E-state index is -0.260. The summed E-state index contributed by atoms with van der Waals surface area (Å²) < 4.78 is 12.5. The van der Waals surface area contributed by atoms with Crippen molar-refractivity contribution in [2.75, 3.05) is 6.61 Å². The molecule has 0 atom stereocenters. The molecule has 1 aromatic carbocycles. The molecule has 4 rings (SSSR count). The first-order chi connectivity index (χ1) is 15.7. The smallest absolute Gasteiger partial charge is 0.271 e. The van der Waals surface area contributed by atoms with Crippen LogP contribution in [0.25, 0.3) is 17.3 Å². The Balaban J connectivity index is 1.36. The molecule has 0 saturated carbocycles. The van der Waals surface area contributed by atoms with Gasteiger partial charge in [-0.2, -0.15) is 4.98 Å². The predicted molar refractivity (Wildman–Crippen MR) is 117 cm³/mol. The van der Waals surface area contributed by atoms with Crippen LogP contribution in [-0.2, 0) is 13.0 Å². The van der Waals surface area contributed by atoms with Gasteiger partial charge in [0.25, 0.3) is 11.8 Å². The highest BCUT2D eigenvalue weighted by atomic mass is 16.5. The Morgan fingerprint density at radius 2 is 1.97 bits per heavy atom. The van der Waals surface area contributed by atoms with E-state index in [-0.39, 0.29) is 5.91 Å². The van der Waals surface area contributed by atoms with Gasteiger partial charge in [0.05, 0.1) is 12.2 Å². The fraction of sp³-hybridized carbons (Fsp3) is 0.261. The summed E-state index contributed by atoms with van der Waals surface area (Å²) in [7, 11) is 0. The average molecular weight is 432 g/mol. The van der Waals surface area contributed by atoms with E-state index in [1.807, 2.05) is 37.3 Å². The van der Waals surface area contributed by atoms with E-state index < -0.39 is 0 Å². The van der Waals surface area contributed by atoms with Crippen molar-refractivity contribution in [3.63, 3.8) is 0 Å². The van der Waals surface area contributed by atoms with Crippen molar-refractivity contribution in [1.29, 1.82) is 0 Å². The molecule has 0 spiro atoms. The van der Waals surface area contributed by atoms with Crippen LogP contribution in [0.15, 0.2) is 59.6 Å². The molecule has 0 bridgehead atoms. The second-order valence-electron chi connectivity index (χ2n) is 7.12. The van der Waals surface area contributed by atoms with Gasteiger partial charge in [-0.05, 0) is 36.2 Å². The maximum absolute atomic E-state index is 12.5. The van der Waals surface area contributed by atoms with Crippen molar-refractivity contribution >= 4 is 5.91 Å². The maximum atomic E-state index is 12.5. The van der Waals surface area contributed by atoms with Crippen molar-refractivity contribution in [3.05, 3.63) is 72.2 Å². The SMILES string of the molecule is CCCOc1ccc(CNC(=O)c2cn(-c3ccc(-c4nc(CC)no4)cn3)cn2)cc1. The number of aryl methyl sites for hydroxylation is 1. The second kappa shape index (κ2) is 9.86. The monoisotopic (exact) mass is 432 g/mol. The number of benzene rings is 1. The molecule has 164 valence electrons. The number of imidazole rings is 1. The van der Waals surface area contributed by atoms with Crippen LogP contribution >= 0.6 is 0 Å². The van der Waals surface area contributed by atoms with Gasteiger partial charge in [-0.1, -0.05) is 31.1 Å². The number of amides is 1. The standard InChI is InChI=1S/C23H24N6O3/c1-3-11-31-18-8-5-16(6-9-18)12-25-22(30)19-14-29(15-26-19)21-10-7-17(13-24-21)23-27-20(4-2)28-32-23/h5-10,13-15H,3-4,11-12H2,1-2H3,(H,25,30). The van der Waals surface area contributed by atoms with Crippen LogP contribution in [0.4, 0.5) is 0 Å². The summed E-state index contributed by atoms with van der Waals surface area (Å²) in [5.74, 6) is 2.26. The quantitative estimate of drug-likeness (QED) is 0.430. The van der Waals surface area contributed by atoms with E-state index >= 15 is 0 Å². The van der Waals surface area contributed by atoms with E-state index in [0.717, 1.165) is 23.3 Å². The van der Waals surface area contributed by atoms with Crippen LogP contribution in [0.1, 0.15) is 42.1 Å². The van der Waals surface area contributed by atoms with Crippen molar-refractivity contribution in [2.45, 2.75) is 33.2 Å². The number of aromatic nitrogens is 5. The highest BCUT2D eigenvalue weighted by Gasteiger charge is 2.12. The average Bonchev–Trinajstić information content (AvgIpc) is 3.52. The number of ether oxygens (including phenoxy) is 1. The minimum Gasteiger partial charge on any atom is -0.494 e. The first kappa shape index (κ1) is 21.2. The van der Waals surface area contributed by atoms with Gasteiger partial charge in [0.1, 0.15) is 23.6 Å². The van der Waals surface area contributed by atoms with Crippen molar-refractivity contribution < 1.29 is 14.1 Å². The molecule has 0 saturated heterocycles. The molecule has 0 fully saturated rings. The Morgan fingerprint density at radius 1 is 1.12 bits per heavy atom. The van der Waals surface area contributed by atoms with E-state index in [9.17, 15) is 4.79 Å². The first-order valence-corrected chi connectivity index (χ1v) is 10.5. The summed E-state index contributed by atoms with van der Waals surface area (Å²) in [6, 6.07) is 11.3. The molecule has 32 heavy (non-hydrogen) atoms. The van der Waals surface area contributed by atoms with Gasteiger partial charge >= 0.3 is 0 Å². The summed E-state index contributed by atoms with van der Waals surface area (Å²) in [5.41, 5.74) is 2.01. The fourth-order valence-corrected chi connectivity index (χ4v) is 2.94. The Bertz CT molecular complexity index is 1170. The predicted octanol–water partition coefficient (Wildman–Crippen LogP) is 3.60. The Kier molecular flexibility index (Phi) is 6.54. The van der Waals surface area contributed by atoms with E-state index in [4.69, 9.17) is 9.26 Å². The summed E-state index contributed by atoms with van der Waals surface area (Å²) in [6.45, 7) is 5.11.